The molecule has 1 saturated heterocycles. The molecule has 2 N–H and O–H groups in total. The third-order valence-corrected chi connectivity index (χ3v) is 3.76. The fraction of sp³-hybridized carbons (Fsp3) is 0.583. The molecule has 0 aliphatic carbocycles. The van der Waals surface area contributed by atoms with Crippen LogP contribution in [0.2, 0.25) is 0 Å². The van der Waals surface area contributed by atoms with E-state index in [0.29, 0.717) is 13.0 Å². The quantitative estimate of drug-likeness (QED) is 0.581. The van der Waals surface area contributed by atoms with Crippen LogP contribution in [0.1, 0.15) is 26.7 Å². The second-order valence-electron chi connectivity index (χ2n) is 5.11. The maximum atomic E-state index is 12.2. The van der Waals surface area contributed by atoms with E-state index in [-0.39, 0.29) is 11.8 Å². The van der Waals surface area contributed by atoms with E-state index in [1.807, 2.05) is 0 Å². The lowest BCUT2D eigenvalue weighted by atomic mass is 10.1. The van der Waals surface area contributed by atoms with Gasteiger partial charge in [0.15, 0.2) is 0 Å². The largest absolute Gasteiger partial charge is 0.368 e. The Kier molecular flexibility index (Phi) is 4.63. The Hall–Kier alpha value is -1.16. The average Bonchev–Trinajstić information content (AvgIpc) is 3.06. The highest BCUT2D eigenvalue weighted by Crippen LogP contribution is 2.16. The molecule has 110 valence electrons. The van der Waals surface area contributed by atoms with Crippen LogP contribution in [0.5, 0.6) is 0 Å². The molecule has 1 fully saturated rings. The number of amides is 2. The van der Waals surface area contributed by atoms with Gasteiger partial charge in [-0.25, -0.2) is 0 Å². The number of hydrazine groups is 1. The number of halogens is 1. The maximum Gasteiger partial charge on any atom is 0.267 e. The van der Waals surface area contributed by atoms with Crippen LogP contribution in [0.3, 0.4) is 0 Å². The zero-order chi connectivity index (χ0) is 14.8. The van der Waals surface area contributed by atoms with Gasteiger partial charge in [0.2, 0.25) is 0 Å². The Morgan fingerprint density at radius 2 is 2.25 bits per heavy atom. The minimum atomic E-state index is -0.896. The van der Waals surface area contributed by atoms with Crippen LogP contribution in [0, 0.1) is 3.57 Å². The van der Waals surface area contributed by atoms with Crippen molar-refractivity contribution in [2.24, 2.45) is 0 Å². The summed E-state index contributed by atoms with van der Waals surface area (Å²) in [6.07, 6.45) is 4.51. The van der Waals surface area contributed by atoms with Crippen LogP contribution in [-0.2, 0) is 19.9 Å². The minimum absolute atomic E-state index is 0.318. The van der Waals surface area contributed by atoms with E-state index >= 15 is 0 Å². The van der Waals surface area contributed by atoms with Crippen LogP contribution in [0.4, 0.5) is 0 Å². The number of aromatic nitrogens is 2. The van der Waals surface area contributed by atoms with E-state index in [2.05, 4.69) is 38.5 Å². The van der Waals surface area contributed by atoms with Crippen LogP contribution in [0.15, 0.2) is 12.4 Å². The molecule has 0 bridgehead atoms. The van der Waals surface area contributed by atoms with Gasteiger partial charge in [-0.05, 0) is 49.3 Å². The molecule has 0 aromatic carbocycles. The molecule has 1 aliphatic rings. The van der Waals surface area contributed by atoms with Gasteiger partial charge in [0, 0.05) is 12.8 Å². The van der Waals surface area contributed by atoms with Crippen molar-refractivity contribution in [3.63, 3.8) is 0 Å². The molecule has 2 rings (SSSR count). The van der Waals surface area contributed by atoms with Crippen LogP contribution in [0.25, 0.3) is 0 Å². The lowest BCUT2D eigenvalue weighted by Crippen LogP contribution is -2.53. The van der Waals surface area contributed by atoms with Crippen LogP contribution < -0.4 is 10.9 Å². The van der Waals surface area contributed by atoms with Crippen molar-refractivity contribution in [2.75, 3.05) is 6.61 Å². The first kappa shape index (κ1) is 15.2. The number of hydrogen-bond donors (Lipinski definition) is 2. The monoisotopic (exact) mass is 392 g/mol. The van der Waals surface area contributed by atoms with E-state index in [0.717, 1.165) is 9.99 Å². The van der Waals surface area contributed by atoms with Crippen molar-refractivity contribution in [3.05, 3.63) is 16.0 Å². The Balaban J connectivity index is 1.92. The first-order valence-corrected chi connectivity index (χ1v) is 7.41. The highest BCUT2D eigenvalue weighted by Gasteiger charge is 2.32. The molecular formula is C12H17IN4O3. The summed E-state index contributed by atoms with van der Waals surface area (Å²) in [5, 5.41) is 4.12. The summed E-state index contributed by atoms with van der Waals surface area (Å²) in [7, 11) is 0. The number of hydrogen-bond acceptors (Lipinski definition) is 4. The number of carbonyl (C=O) groups excluding carboxylic acids is 2. The fourth-order valence-corrected chi connectivity index (χ4v) is 2.24. The summed E-state index contributed by atoms with van der Waals surface area (Å²) < 4.78 is 7.73. The minimum Gasteiger partial charge on any atom is -0.368 e. The standard InChI is InChI=1S/C12H17IN4O3/c1-12(2,17-7-8(13)6-14-17)11(19)16-15-10(18)9-4-3-5-20-9/h6-7,9H,3-5H2,1-2H3,(H,15,18)(H,16,19)/t9-/m0/s1. The van der Waals surface area contributed by atoms with Crippen molar-refractivity contribution in [3.8, 4) is 0 Å². The lowest BCUT2D eigenvalue weighted by molar-refractivity contribution is -0.137. The highest BCUT2D eigenvalue weighted by atomic mass is 127. The summed E-state index contributed by atoms with van der Waals surface area (Å²) in [5.41, 5.74) is 3.93. The van der Waals surface area contributed by atoms with Crippen LogP contribution >= 0.6 is 22.6 Å². The molecule has 7 nitrogen and oxygen atoms in total. The van der Waals surface area contributed by atoms with Crippen molar-refractivity contribution in [1.82, 2.24) is 20.6 Å². The average molecular weight is 392 g/mol. The maximum absolute atomic E-state index is 12.2. The Morgan fingerprint density at radius 3 is 2.80 bits per heavy atom. The lowest BCUT2D eigenvalue weighted by Gasteiger charge is -2.24. The van der Waals surface area contributed by atoms with Gasteiger partial charge >= 0.3 is 0 Å². The Morgan fingerprint density at radius 1 is 1.50 bits per heavy atom. The Bertz CT molecular complexity index is 509. The third-order valence-electron chi connectivity index (χ3n) is 3.20. The van der Waals surface area contributed by atoms with E-state index < -0.39 is 11.6 Å². The normalized spacial score (nSPS) is 18.9. The van der Waals surface area contributed by atoms with Gasteiger partial charge in [-0.2, -0.15) is 5.10 Å². The molecule has 1 aliphatic heterocycles. The van der Waals surface area contributed by atoms with Gasteiger partial charge in [-0.15, -0.1) is 0 Å². The van der Waals surface area contributed by atoms with E-state index in [4.69, 9.17) is 4.74 Å². The molecule has 1 atom stereocenters. The van der Waals surface area contributed by atoms with Crippen molar-refractivity contribution < 1.29 is 14.3 Å². The predicted octanol–water partition coefficient (Wildman–Crippen LogP) is 0.549. The van der Waals surface area contributed by atoms with Gasteiger partial charge in [0.25, 0.3) is 11.8 Å². The number of rotatable bonds is 3. The predicted molar refractivity (Wildman–Crippen MR) is 79.5 cm³/mol. The third kappa shape index (κ3) is 3.29. The zero-order valence-electron chi connectivity index (χ0n) is 11.4. The molecule has 0 saturated carbocycles. The summed E-state index contributed by atoms with van der Waals surface area (Å²) in [4.78, 5) is 23.9. The van der Waals surface area contributed by atoms with Crippen molar-refractivity contribution in [2.45, 2.75) is 38.3 Å². The fourth-order valence-electron chi connectivity index (χ4n) is 1.85. The molecule has 0 radical (unpaired) electrons. The SMILES string of the molecule is CC(C)(C(=O)NNC(=O)[C@@H]1CCCO1)n1cc(I)cn1. The van der Waals surface area contributed by atoms with E-state index in [9.17, 15) is 9.59 Å². The molecule has 0 unspecified atom stereocenters. The summed E-state index contributed by atoms with van der Waals surface area (Å²) >= 11 is 2.12. The zero-order valence-corrected chi connectivity index (χ0v) is 13.5. The molecule has 1 aromatic rings. The summed E-state index contributed by atoms with van der Waals surface area (Å²) in [6, 6.07) is 0. The smallest absolute Gasteiger partial charge is 0.267 e. The highest BCUT2D eigenvalue weighted by molar-refractivity contribution is 14.1. The van der Waals surface area contributed by atoms with Gasteiger partial charge < -0.3 is 4.74 Å². The number of nitrogens with zero attached hydrogens (tertiary/aromatic N) is 2. The first-order chi connectivity index (χ1) is 9.41. The molecule has 2 amide bonds. The Labute approximate surface area is 130 Å². The number of nitrogens with one attached hydrogen (secondary N) is 2. The topological polar surface area (TPSA) is 85.3 Å². The van der Waals surface area contributed by atoms with Gasteiger partial charge in [0.05, 0.1) is 9.77 Å². The molecule has 1 aromatic heterocycles. The first-order valence-electron chi connectivity index (χ1n) is 6.34. The summed E-state index contributed by atoms with van der Waals surface area (Å²) in [5.74, 6) is -0.662. The van der Waals surface area contributed by atoms with Gasteiger partial charge in [-0.1, -0.05) is 0 Å². The molecule has 2 heterocycles. The van der Waals surface area contributed by atoms with Crippen molar-refractivity contribution >= 4 is 34.4 Å². The van der Waals surface area contributed by atoms with Gasteiger partial charge in [0.1, 0.15) is 11.6 Å². The molecule has 8 heteroatoms. The number of ether oxygens (including phenoxy) is 1. The molecular weight excluding hydrogens is 375 g/mol. The molecule has 20 heavy (non-hydrogen) atoms. The second-order valence-corrected chi connectivity index (χ2v) is 6.35. The number of carbonyl (C=O) groups is 2. The van der Waals surface area contributed by atoms with E-state index in [1.54, 1.807) is 30.9 Å². The van der Waals surface area contributed by atoms with E-state index in [1.165, 1.54) is 0 Å². The van der Waals surface area contributed by atoms with Crippen molar-refractivity contribution in [1.29, 1.82) is 0 Å². The van der Waals surface area contributed by atoms with Gasteiger partial charge in [-0.3, -0.25) is 25.1 Å². The second kappa shape index (κ2) is 6.08. The molecule has 0 spiro atoms. The van der Waals surface area contributed by atoms with Crippen LogP contribution in [-0.4, -0.2) is 34.3 Å². The summed E-state index contributed by atoms with van der Waals surface area (Å²) in [6.45, 7) is 4.04.